The van der Waals surface area contributed by atoms with Crippen LogP contribution < -0.4 is 10.6 Å². The maximum absolute atomic E-state index is 12.9. The monoisotopic (exact) mass is 449 g/mol. The molecule has 0 saturated carbocycles. The van der Waals surface area contributed by atoms with Gasteiger partial charge < -0.3 is 10.6 Å². The van der Waals surface area contributed by atoms with Crippen molar-refractivity contribution >= 4 is 44.8 Å². The SMILES string of the molecule is CC(=O)Nc1ccc(C)cc1NC(=O)C1CCCN(S(=O)(=O)c2ccc(Cl)cc2)C1. The molecule has 3 rings (SSSR count). The van der Waals surface area contributed by atoms with Crippen LogP contribution in [0.5, 0.6) is 0 Å². The predicted molar refractivity (Wildman–Crippen MR) is 117 cm³/mol. The van der Waals surface area contributed by atoms with Crippen LogP contribution in [0.3, 0.4) is 0 Å². The van der Waals surface area contributed by atoms with Gasteiger partial charge in [0.15, 0.2) is 0 Å². The second-order valence-electron chi connectivity index (χ2n) is 7.38. The summed E-state index contributed by atoms with van der Waals surface area (Å²) in [5.74, 6) is -1.01. The molecule has 1 aliphatic rings. The standard InChI is InChI=1S/C21H24ClN3O4S/c1-14-5-10-19(23-15(2)26)20(12-14)24-21(27)16-4-3-11-25(13-16)30(28,29)18-8-6-17(22)7-9-18/h5-10,12,16H,3-4,11,13H2,1-2H3,(H,23,26)(H,24,27). The number of anilines is 2. The van der Waals surface area contributed by atoms with Crippen LogP contribution in [0.25, 0.3) is 0 Å². The first-order valence-corrected chi connectivity index (χ1v) is 11.4. The minimum absolute atomic E-state index is 0.0953. The van der Waals surface area contributed by atoms with Gasteiger partial charge in [-0.15, -0.1) is 0 Å². The van der Waals surface area contributed by atoms with Crippen molar-refractivity contribution in [1.82, 2.24) is 4.31 Å². The zero-order chi connectivity index (χ0) is 21.9. The summed E-state index contributed by atoms with van der Waals surface area (Å²) in [6.07, 6.45) is 1.16. The number of carbonyl (C=O) groups is 2. The van der Waals surface area contributed by atoms with Crippen molar-refractivity contribution in [2.75, 3.05) is 23.7 Å². The molecule has 1 heterocycles. The zero-order valence-corrected chi connectivity index (χ0v) is 18.4. The lowest BCUT2D eigenvalue weighted by molar-refractivity contribution is -0.121. The van der Waals surface area contributed by atoms with Crippen LogP contribution in [0.2, 0.25) is 5.02 Å². The van der Waals surface area contributed by atoms with Gasteiger partial charge in [0.2, 0.25) is 21.8 Å². The summed E-state index contributed by atoms with van der Waals surface area (Å²) in [6, 6.07) is 11.3. The maximum atomic E-state index is 12.9. The summed E-state index contributed by atoms with van der Waals surface area (Å²) >= 11 is 5.86. The van der Waals surface area contributed by atoms with Gasteiger partial charge in [-0.3, -0.25) is 9.59 Å². The highest BCUT2D eigenvalue weighted by atomic mass is 35.5. The minimum atomic E-state index is -3.71. The molecule has 0 bridgehead atoms. The molecular weight excluding hydrogens is 426 g/mol. The van der Waals surface area contributed by atoms with Gasteiger partial charge in [-0.2, -0.15) is 4.31 Å². The third-order valence-electron chi connectivity index (χ3n) is 4.95. The predicted octanol–water partition coefficient (Wildman–Crippen LogP) is 3.65. The molecule has 0 aliphatic carbocycles. The molecule has 2 N–H and O–H groups in total. The van der Waals surface area contributed by atoms with E-state index in [9.17, 15) is 18.0 Å². The van der Waals surface area contributed by atoms with Crippen LogP contribution in [-0.2, 0) is 19.6 Å². The van der Waals surface area contributed by atoms with Crippen molar-refractivity contribution in [2.24, 2.45) is 5.92 Å². The van der Waals surface area contributed by atoms with Crippen LogP contribution in [-0.4, -0.2) is 37.6 Å². The quantitative estimate of drug-likeness (QED) is 0.728. The third-order valence-corrected chi connectivity index (χ3v) is 7.08. The molecule has 1 saturated heterocycles. The largest absolute Gasteiger partial charge is 0.325 e. The minimum Gasteiger partial charge on any atom is -0.325 e. The molecule has 1 fully saturated rings. The number of nitrogens with zero attached hydrogens (tertiary/aromatic N) is 1. The number of piperidine rings is 1. The normalized spacial score (nSPS) is 17.4. The van der Waals surface area contributed by atoms with E-state index in [1.165, 1.54) is 35.5 Å². The second kappa shape index (κ2) is 9.16. The summed E-state index contributed by atoms with van der Waals surface area (Å²) in [7, 11) is -3.71. The fraction of sp³-hybridized carbons (Fsp3) is 0.333. The third kappa shape index (κ3) is 5.19. The molecule has 1 unspecified atom stereocenters. The number of hydrogen-bond donors (Lipinski definition) is 2. The van der Waals surface area contributed by atoms with Crippen molar-refractivity contribution in [3.8, 4) is 0 Å². The molecule has 1 aliphatic heterocycles. The van der Waals surface area contributed by atoms with E-state index in [0.717, 1.165) is 5.56 Å². The van der Waals surface area contributed by atoms with Crippen LogP contribution in [0, 0.1) is 12.8 Å². The zero-order valence-electron chi connectivity index (χ0n) is 16.8. The molecule has 1 atom stereocenters. The van der Waals surface area contributed by atoms with Gasteiger partial charge in [0.1, 0.15) is 0 Å². The van der Waals surface area contributed by atoms with E-state index < -0.39 is 15.9 Å². The lowest BCUT2D eigenvalue weighted by Crippen LogP contribution is -2.43. The molecule has 2 aromatic carbocycles. The molecule has 160 valence electrons. The Morgan fingerprint density at radius 2 is 1.77 bits per heavy atom. The highest BCUT2D eigenvalue weighted by Gasteiger charge is 2.33. The lowest BCUT2D eigenvalue weighted by Gasteiger charge is -2.31. The number of carbonyl (C=O) groups excluding carboxylic acids is 2. The fourth-order valence-electron chi connectivity index (χ4n) is 3.43. The highest BCUT2D eigenvalue weighted by Crippen LogP contribution is 2.28. The van der Waals surface area contributed by atoms with Crippen molar-refractivity contribution in [3.63, 3.8) is 0 Å². The molecular formula is C21H24ClN3O4S. The van der Waals surface area contributed by atoms with Crippen molar-refractivity contribution in [3.05, 3.63) is 53.1 Å². The first kappa shape index (κ1) is 22.3. The number of rotatable bonds is 5. The Balaban J connectivity index is 1.76. The van der Waals surface area contributed by atoms with Gasteiger partial charge >= 0.3 is 0 Å². The summed E-state index contributed by atoms with van der Waals surface area (Å²) in [5.41, 5.74) is 1.92. The van der Waals surface area contributed by atoms with Gasteiger partial charge in [-0.25, -0.2) is 8.42 Å². The lowest BCUT2D eigenvalue weighted by atomic mass is 9.98. The Labute approximate surface area is 181 Å². The van der Waals surface area contributed by atoms with Crippen molar-refractivity contribution < 1.29 is 18.0 Å². The number of halogens is 1. The summed E-state index contributed by atoms with van der Waals surface area (Å²) in [5, 5.41) is 6.01. The van der Waals surface area contributed by atoms with E-state index in [0.29, 0.717) is 35.8 Å². The van der Waals surface area contributed by atoms with Gasteiger partial charge in [0.25, 0.3) is 0 Å². The fourth-order valence-corrected chi connectivity index (χ4v) is 5.08. The molecule has 30 heavy (non-hydrogen) atoms. The summed E-state index contributed by atoms with van der Waals surface area (Å²) < 4.78 is 27.2. The molecule has 2 amide bonds. The molecule has 2 aromatic rings. The first-order chi connectivity index (χ1) is 14.2. The molecule has 7 nitrogen and oxygen atoms in total. The van der Waals surface area contributed by atoms with E-state index in [-0.39, 0.29) is 23.3 Å². The molecule has 0 spiro atoms. The van der Waals surface area contributed by atoms with Crippen LogP contribution in [0.1, 0.15) is 25.3 Å². The van der Waals surface area contributed by atoms with E-state index in [4.69, 9.17) is 11.6 Å². The topological polar surface area (TPSA) is 95.6 Å². The number of sulfonamides is 1. The highest BCUT2D eigenvalue weighted by molar-refractivity contribution is 7.89. The Hall–Kier alpha value is -2.42. The van der Waals surface area contributed by atoms with E-state index in [2.05, 4.69) is 10.6 Å². The van der Waals surface area contributed by atoms with Gasteiger partial charge in [0, 0.05) is 25.0 Å². The van der Waals surface area contributed by atoms with Crippen LogP contribution in [0.4, 0.5) is 11.4 Å². The Bertz CT molecular complexity index is 1050. The smallest absolute Gasteiger partial charge is 0.243 e. The Morgan fingerprint density at radius 3 is 2.43 bits per heavy atom. The van der Waals surface area contributed by atoms with Crippen molar-refractivity contribution in [2.45, 2.75) is 31.6 Å². The summed E-state index contributed by atoms with van der Waals surface area (Å²) in [6.45, 7) is 3.73. The van der Waals surface area contributed by atoms with Gasteiger partial charge in [-0.1, -0.05) is 17.7 Å². The van der Waals surface area contributed by atoms with Crippen LogP contribution in [0.15, 0.2) is 47.4 Å². The van der Waals surface area contributed by atoms with Crippen molar-refractivity contribution in [1.29, 1.82) is 0 Å². The van der Waals surface area contributed by atoms with Gasteiger partial charge in [-0.05, 0) is 61.7 Å². The number of benzene rings is 2. The maximum Gasteiger partial charge on any atom is 0.243 e. The van der Waals surface area contributed by atoms with E-state index >= 15 is 0 Å². The number of aryl methyl sites for hydroxylation is 1. The van der Waals surface area contributed by atoms with E-state index in [1.54, 1.807) is 12.1 Å². The molecule has 9 heteroatoms. The average Bonchev–Trinajstić information content (AvgIpc) is 2.70. The number of amides is 2. The Kier molecular flexibility index (Phi) is 6.80. The van der Waals surface area contributed by atoms with Crippen LogP contribution >= 0.6 is 11.6 Å². The second-order valence-corrected chi connectivity index (χ2v) is 9.75. The average molecular weight is 450 g/mol. The molecule has 0 aromatic heterocycles. The Morgan fingerprint density at radius 1 is 1.07 bits per heavy atom. The molecule has 0 radical (unpaired) electrons. The number of hydrogen-bond acceptors (Lipinski definition) is 4. The first-order valence-electron chi connectivity index (χ1n) is 9.61. The van der Waals surface area contributed by atoms with Gasteiger partial charge in [0.05, 0.1) is 22.2 Å². The van der Waals surface area contributed by atoms with E-state index in [1.807, 2.05) is 13.0 Å². The number of nitrogens with one attached hydrogen (secondary N) is 2. The summed E-state index contributed by atoms with van der Waals surface area (Å²) in [4.78, 5) is 24.5.